The van der Waals surface area contributed by atoms with Gasteiger partial charge in [-0.1, -0.05) is 0 Å². The van der Waals surface area contributed by atoms with E-state index in [-0.39, 0.29) is 23.9 Å². The first kappa shape index (κ1) is 20.1. The minimum absolute atomic E-state index is 0. The molecule has 0 aliphatic carbocycles. The quantitative estimate of drug-likeness (QED) is 0.289. The fourth-order valence-electron chi connectivity index (χ4n) is 0.953. The van der Waals surface area contributed by atoms with E-state index in [0.717, 1.165) is 19.1 Å². The average Bonchev–Trinajstić information content (AvgIpc) is 2.28. The summed E-state index contributed by atoms with van der Waals surface area (Å²) in [4.78, 5) is 10.4. The molecule has 0 bridgehead atoms. The summed E-state index contributed by atoms with van der Waals surface area (Å²) < 4.78 is 38.7. The Morgan fingerprint density at radius 3 is 2.05 bits per heavy atom. The van der Waals surface area contributed by atoms with Gasteiger partial charge in [0.2, 0.25) is 0 Å². The van der Waals surface area contributed by atoms with Gasteiger partial charge in [-0.25, -0.2) is 18.0 Å². The highest BCUT2D eigenvalue weighted by atomic mass is 35.5. The van der Waals surface area contributed by atoms with Crippen LogP contribution in [0.4, 0.5) is 13.2 Å². The van der Waals surface area contributed by atoms with E-state index in [9.17, 15) is 18.0 Å². The third-order valence-electron chi connectivity index (χ3n) is 1.78. The number of nitrogens with one attached hydrogen (secondary N) is 1. The molecule has 0 atom stereocenters. The van der Waals surface area contributed by atoms with Crippen LogP contribution in [0.15, 0.2) is 17.7 Å². The Balaban J connectivity index is 0. The van der Waals surface area contributed by atoms with Crippen molar-refractivity contribution >= 4 is 30.4 Å². The van der Waals surface area contributed by atoms with Crippen molar-refractivity contribution in [3.8, 4) is 0 Å². The van der Waals surface area contributed by atoms with E-state index in [1.165, 1.54) is 0 Å². The van der Waals surface area contributed by atoms with Gasteiger partial charge in [0.15, 0.2) is 17.6 Å². The Bertz CT molecular complexity index is 532. The van der Waals surface area contributed by atoms with E-state index >= 15 is 0 Å². The van der Waals surface area contributed by atoms with Gasteiger partial charge in [-0.3, -0.25) is 5.41 Å². The Morgan fingerprint density at radius 2 is 1.65 bits per heavy atom. The second-order valence-corrected chi connectivity index (χ2v) is 3.34. The number of carboxylic acid groups (broad SMARTS) is 1. The Morgan fingerprint density at radius 1 is 1.25 bits per heavy atom. The zero-order chi connectivity index (χ0) is 15.2. The molecular formula is C11H13ClF3N3O2. The van der Waals surface area contributed by atoms with E-state index in [1.54, 1.807) is 0 Å². The Kier molecular flexibility index (Phi) is 8.85. The highest BCUT2D eigenvalue weighted by Crippen LogP contribution is 2.18. The van der Waals surface area contributed by atoms with Crippen LogP contribution in [-0.4, -0.2) is 17.0 Å². The van der Waals surface area contributed by atoms with E-state index in [0.29, 0.717) is 6.07 Å². The maximum absolute atomic E-state index is 13.0. The third-order valence-corrected chi connectivity index (χ3v) is 1.78. The maximum Gasteiger partial charge on any atom is 0.331 e. The van der Waals surface area contributed by atoms with Crippen LogP contribution in [0.3, 0.4) is 0 Å². The van der Waals surface area contributed by atoms with Crippen molar-refractivity contribution in [3.63, 3.8) is 0 Å². The second-order valence-electron chi connectivity index (χ2n) is 3.34. The number of carbonyl (C=O) groups is 1. The van der Waals surface area contributed by atoms with Gasteiger partial charge >= 0.3 is 5.97 Å². The average molecular weight is 312 g/mol. The van der Waals surface area contributed by atoms with Crippen LogP contribution in [0.25, 0.3) is 6.08 Å². The van der Waals surface area contributed by atoms with Gasteiger partial charge < -0.3 is 16.6 Å². The molecular weight excluding hydrogens is 299 g/mol. The van der Waals surface area contributed by atoms with E-state index in [2.05, 4.69) is 11.5 Å². The summed E-state index contributed by atoms with van der Waals surface area (Å²) in [6, 6.07) is 1.37. The normalized spacial score (nSPS) is 9.90. The summed E-state index contributed by atoms with van der Waals surface area (Å²) >= 11 is 0. The van der Waals surface area contributed by atoms with E-state index < -0.39 is 29.0 Å². The van der Waals surface area contributed by atoms with E-state index in [1.807, 2.05) is 0 Å². The first-order chi connectivity index (χ1) is 8.66. The zero-order valence-electron chi connectivity index (χ0n) is 10.3. The number of carboxylic acids is 1. The second kappa shape index (κ2) is 8.81. The predicted octanol–water partition coefficient (Wildman–Crippen LogP) is 1.85. The highest BCUT2D eigenvalue weighted by molar-refractivity contribution is 5.91. The fourth-order valence-corrected chi connectivity index (χ4v) is 0.953. The smallest absolute Gasteiger partial charge is 0.331 e. The lowest BCUT2D eigenvalue weighted by molar-refractivity contribution is -0.132. The SMILES string of the molecule is CC(=Cc1c(F)ccc(F)c1F)C(=O)O.Cl.N=C(N)N. The molecule has 20 heavy (non-hydrogen) atoms. The summed E-state index contributed by atoms with van der Waals surface area (Å²) in [6.07, 6.45) is 0.746. The maximum atomic E-state index is 13.0. The predicted molar refractivity (Wildman–Crippen MR) is 71.0 cm³/mol. The molecule has 0 fully saturated rings. The van der Waals surface area contributed by atoms with Crippen LogP contribution in [0.5, 0.6) is 0 Å². The van der Waals surface area contributed by atoms with Gasteiger partial charge in [-0.2, -0.15) is 0 Å². The van der Waals surface area contributed by atoms with Crippen LogP contribution in [0, 0.1) is 22.9 Å². The molecule has 0 amide bonds. The van der Waals surface area contributed by atoms with Crippen LogP contribution >= 0.6 is 12.4 Å². The number of nitrogens with two attached hydrogens (primary N) is 2. The first-order valence-electron chi connectivity index (χ1n) is 4.81. The van der Waals surface area contributed by atoms with Crippen molar-refractivity contribution in [2.45, 2.75) is 6.92 Å². The lowest BCUT2D eigenvalue weighted by Gasteiger charge is -2.01. The molecule has 0 aromatic heterocycles. The van der Waals surface area contributed by atoms with Crippen molar-refractivity contribution in [2.24, 2.45) is 11.5 Å². The molecule has 0 unspecified atom stereocenters. The number of hydrogen-bond donors (Lipinski definition) is 4. The molecule has 0 saturated heterocycles. The van der Waals surface area contributed by atoms with Gasteiger partial charge in [-0.15, -0.1) is 12.4 Å². The lowest BCUT2D eigenvalue weighted by Crippen LogP contribution is -2.20. The Labute approximate surface area is 119 Å². The molecule has 0 heterocycles. The van der Waals surface area contributed by atoms with Crippen molar-refractivity contribution < 1.29 is 23.1 Å². The molecule has 0 saturated carbocycles. The zero-order valence-corrected chi connectivity index (χ0v) is 11.1. The van der Waals surface area contributed by atoms with Crippen LogP contribution in [0.1, 0.15) is 12.5 Å². The standard InChI is InChI=1S/C10H7F3O2.CH5N3.ClH/c1-5(10(14)15)4-6-7(11)2-3-8(12)9(6)13;2-1(3)4;/h2-4H,1H3,(H,14,15);(H5,2,3,4);1H. The van der Waals surface area contributed by atoms with Crippen molar-refractivity contribution in [2.75, 3.05) is 0 Å². The number of benzene rings is 1. The molecule has 1 aromatic carbocycles. The summed E-state index contributed by atoms with van der Waals surface area (Å²) in [5.41, 5.74) is 7.98. The summed E-state index contributed by atoms with van der Waals surface area (Å²) in [5.74, 6) is -5.27. The molecule has 0 radical (unpaired) electrons. The van der Waals surface area contributed by atoms with Gasteiger partial charge in [0.05, 0.1) is 0 Å². The first-order valence-corrected chi connectivity index (χ1v) is 4.81. The highest BCUT2D eigenvalue weighted by Gasteiger charge is 2.13. The van der Waals surface area contributed by atoms with Crippen molar-refractivity contribution in [3.05, 3.63) is 40.7 Å². The van der Waals surface area contributed by atoms with Crippen LogP contribution < -0.4 is 11.5 Å². The number of aliphatic carboxylic acids is 1. The lowest BCUT2D eigenvalue weighted by atomic mass is 10.1. The van der Waals surface area contributed by atoms with Crippen molar-refractivity contribution in [1.82, 2.24) is 0 Å². The number of guanidine groups is 1. The monoisotopic (exact) mass is 311 g/mol. The van der Waals surface area contributed by atoms with Gasteiger partial charge in [0.1, 0.15) is 5.82 Å². The molecule has 9 heteroatoms. The topological polar surface area (TPSA) is 113 Å². The number of hydrogen-bond acceptors (Lipinski definition) is 2. The van der Waals surface area contributed by atoms with Gasteiger partial charge in [-0.05, 0) is 25.1 Å². The molecule has 0 aliphatic heterocycles. The molecule has 1 aromatic rings. The van der Waals surface area contributed by atoms with Crippen molar-refractivity contribution in [1.29, 1.82) is 5.41 Å². The number of halogens is 4. The van der Waals surface area contributed by atoms with Crippen LogP contribution in [-0.2, 0) is 4.79 Å². The molecule has 6 N–H and O–H groups in total. The molecule has 1 rings (SSSR count). The molecule has 0 aliphatic rings. The third kappa shape index (κ3) is 6.64. The van der Waals surface area contributed by atoms with Gasteiger partial charge in [0, 0.05) is 11.1 Å². The minimum Gasteiger partial charge on any atom is -0.478 e. The molecule has 5 nitrogen and oxygen atoms in total. The number of rotatable bonds is 2. The molecule has 112 valence electrons. The summed E-state index contributed by atoms with van der Waals surface area (Å²) in [7, 11) is 0. The summed E-state index contributed by atoms with van der Waals surface area (Å²) in [5, 5.41) is 14.5. The minimum atomic E-state index is -1.39. The summed E-state index contributed by atoms with van der Waals surface area (Å²) in [6.45, 7) is 1.16. The molecule has 0 spiro atoms. The van der Waals surface area contributed by atoms with Crippen LogP contribution in [0.2, 0.25) is 0 Å². The fraction of sp³-hybridized carbons (Fsp3) is 0.0909. The van der Waals surface area contributed by atoms with Gasteiger partial charge in [0.25, 0.3) is 0 Å². The largest absolute Gasteiger partial charge is 0.478 e. The van der Waals surface area contributed by atoms with E-state index in [4.69, 9.17) is 10.5 Å². The Hall–Kier alpha value is -2.22.